The second kappa shape index (κ2) is 16.8. The van der Waals surface area contributed by atoms with E-state index in [9.17, 15) is 24.0 Å². The van der Waals surface area contributed by atoms with Crippen molar-refractivity contribution in [3.63, 3.8) is 0 Å². The van der Waals surface area contributed by atoms with E-state index in [4.69, 9.17) is 0 Å². The predicted molar refractivity (Wildman–Crippen MR) is 184 cm³/mol. The number of benzene rings is 1. The van der Waals surface area contributed by atoms with E-state index in [1.165, 1.54) is 34.5 Å². The number of carbonyl (C=O) groups is 5. The molecule has 1 aromatic carbocycles. The molecule has 0 spiro atoms. The monoisotopic (exact) mass is 696 g/mol. The van der Waals surface area contributed by atoms with Gasteiger partial charge in [-0.3, -0.25) is 28.9 Å². The summed E-state index contributed by atoms with van der Waals surface area (Å²) in [5.74, 6) is -2.48. The van der Waals surface area contributed by atoms with Gasteiger partial charge in [-0.1, -0.05) is 44.2 Å². The Morgan fingerprint density at radius 1 is 0.917 bits per heavy atom. The molecular formula is C33H44N8O5S2. The lowest BCUT2D eigenvalue weighted by Crippen LogP contribution is -2.57. The van der Waals surface area contributed by atoms with Gasteiger partial charge >= 0.3 is 0 Å². The van der Waals surface area contributed by atoms with Gasteiger partial charge in [0, 0.05) is 36.9 Å². The van der Waals surface area contributed by atoms with Crippen LogP contribution in [-0.4, -0.2) is 94.1 Å². The predicted octanol–water partition coefficient (Wildman–Crippen LogP) is 2.05. The summed E-state index contributed by atoms with van der Waals surface area (Å²) in [6.07, 6.45) is 0.445. The first-order chi connectivity index (χ1) is 22.8. The summed E-state index contributed by atoms with van der Waals surface area (Å²) in [6, 6.07) is 6.36. The summed E-state index contributed by atoms with van der Waals surface area (Å²) in [5, 5.41) is 13.4. The molecule has 15 heteroatoms. The zero-order valence-electron chi connectivity index (χ0n) is 28.1. The van der Waals surface area contributed by atoms with Gasteiger partial charge < -0.3 is 26.2 Å². The molecule has 0 radical (unpaired) electrons. The van der Waals surface area contributed by atoms with E-state index in [0.29, 0.717) is 31.1 Å². The number of fused-ring (bicyclic) bond motifs is 2. The highest BCUT2D eigenvalue weighted by Crippen LogP contribution is 2.23. The molecule has 13 nitrogen and oxygen atoms in total. The summed E-state index contributed by atoms with van der Waals surface area (Å²) in [6.45, 7) is 9.76. The molecule has 0 fully saturated rings. The van der Waals surface area contributed by atoms with Crippen LogP contribution in [0.2, 0.25) is 0 Å². The lowest BCUT2D eigenvalue weighted by atomic mass is 10.0. The summed E-state index contributed by atoms with van der Waals surface area (Å²) < 4.78 is 0. The van der Waals surface area contributed by atoms with Crippen LogP contribution in [0.25, 0.3) is 0 Å². The van der Waals surface area contributed by atoms with Crippen molar-refractivity contribution in [1.82, 2.24) is 41.0 Å². The third-order valence-electron chi connectivity index (χ3n) is 8.09. The molecule has 3 aromatic rings. The molecule has 2 aromatic heterocycles. The number of rotatable bonds is 5. The van der Waals surface area contributed by atoms with Crippen molar-refractivity contribution in [3.05, 3.63) is 68.1 Å². The standard InChI is InChI=1S/C33H44N8O5S2/c1-19(2)28-31(45)36-22(5)33(46)40(6)12-13-41(15-26-20(3)34-18-48-26)16-27(42)37-24(14-23-10-8-7-9-11-23)32-38-25(17-47-32)30(44)35-21(4)29(43)39-28/h7-11,17-19,21-22,24,28H,12-16H2,1-6H3,(H,35,44)(H,36,45)(H,37,42)(H,39,43)/t21-,22+,24-,28-/m0/s1. The van der Waals surface area contributed by atoms with Gasteiger partial charge in [-0.2, -0.15) is 0 Å². The second-order valence-electron chi connectivity index (χ2n) is 12.4. The molecule has 0 saturated carbocycles. The van der Waals surface area contributed by atoms with Crippen molar-refractivity contribution in [3.8, 4) is 0 Å². The number of nitrogens with one attached hydrogen (secondary N) is 4. The molecule has 4 atom stereocenters. The van der Waals surface area contributed by atoms with E-state index in [-0.39, 0.29) is 30.0 Å². The van der Waals surface area contributed by atoms with Crippen LogP contribution in [-0.2, 0) is 32.1 Å². The zero-order chi connectivity index (χ0) is 35.0. The SMILES string of the molecule is Cc1ncsc1CN1CCN(C)C(=O)[C@@H](C)NC(=O)[C@H](C(C)C)NC(=O)[C@H](C)NC(=O)c2csc(n2)[C@H](Cc2ccccc2)NC(=O)C1. The van der Waals surface area contributed by atoms with Crippen LogP contribution in [0.4, 0.5) is 0 Å². The Morgan fingerprint density at radius 2 is 1.65 bits per heavy atom. The maximum atomic E-state index is 13.7. The lowest BCUT2D eigenvalue weighted by molar-refractivity contribution is -0.136. The van der Waals surface area contributed by atoms with Crippen LogP contribution in [0.15, 0.2) is 41.2 Å². The van der Waals surface area contributed by atoms with Crippen LogP contribution in [0.3, 0.4) is 0 Å². The Balaban J connectivity index is 1.65. The quantitative estimate of drug-likeness (QED) is 0.315. The van der Waals surface area contributed by atoms with E-state index in [2.05, 4.69) is 31.2 Å². The molecule has 0 unspecified atom stereocenters. The number of aromatic nitrogens is 2. The van der Waals surface area contributed by atoms with Gasteiger partial charge in [0.25, 0.3) is 5.91 Å². The number of thiazole rings is 2. The van der Waals surface area contributed by atoms with E-state index >= 15 is 0 Å². The molecule has 0 saturated heterocycles. The van der Waals surface area contributed by atoms with Crippen LogP contribution >= 0.6 is 22.7 Å². The van der Waals surface area contributed by atoms with Crippen molar-refractivity contribution in [2.75, 3.05) is 26.7 Å². The molecule has 5 amide bonds. The Bertz CT molecular complexity index is 1590. The summed E-state index contributed by atoms with van der Waals surface area (Å²) in [4.78, 5) is 79.9. The highest BCUT2D eigenvalue weighted by Gasteiger charge is 2.31. The minimum atomic E-state index is -0.982. The van der Waals surface area contributed by atoms with Gasteiger partial charge in [0.2, 0.25) is 23.6 Å². The minimum Gasteiger partial charge on any atom is -0.345 e. The molecule has 0 aliphatic carbocycles. The largest absolute Gasteiger partial charge is 0.345 e. The Kier molecular flexibility index (Phi) is 12.8. The third kappa shape index (κ3) is 9.90. The third-order valence-corrected chi connectivity index (χ3v) is 9.97. The molecule has 3 heterocycles. The van der Waals surface area contributed by atoms with Crippen molar-refractivity contribution < 1.29 is 24.0 Å². The summed E-state index contributed by atoms with van der Waals surface area (Å²) in [7, 11) is 1.65. The number of aryl methyl sites for hydroxylation is 1. The maximum absolute atomic E-state index is 13.7. The van der Waals surface area contributed by atoms with Crippen molar-refractivity contribution >= 4 is 52.2 Å². The zero-order valence-corrected chi connectivity index (χ0v) is 29.7. The van der Waals surface area contributed by atoms with Gasteiger partial charge in [0.15, 0.2) is 0 Å². The normalized spacial score (nSPS) is 22.8. The fourth-order valence-corrected chi connectivity index (χ4v) is 6.85. The highest BCUT2D eigenvalue weighted by atomic mass is 32.1. The van der Waals surface area contributed by atoms with Gasteiger partial charge in [-0.15, -0.1) is 22.7 Å². The molecule has 1 aliphatic rings. The van der Waals surface area contributed by atoms with Crippen molar-refractivity contribution in [1.29, 1.82) is 0 Å². The van der Waals surface area contributed by atoms with Crippen LogP contribution in [0, 0.1) is 12.8 Å². The molecule has 4 rings (SSSR count). The topological polar surface area (TPSA) is 166 Å². The van der Waals surface area contributed by atoms with Gasteiger partial charge in [-0.25, -0.2) is 9.97 Å². The number of amides is 5. The molecule has 1 aliphatic heterocycles. The van der Waals surface area contributed by atoms with E-state index < -0.39 is 41.9 Å². The first-order valence-corrected chi connectivity index (χ1v) is 17.6. The number of hydrogen-bond acceptors (Lipinski definition) is 10. The van der Waals surface area contributed by atoms with Crippen LogP contribution in [0.1, 0.15) is 65.4 Å². The molecule has 2 bridgehead atoms. The first kappa shape index (κ1) is 36.6. The highest BCUT2D eigenvalue weighted by molar-refractivity contribution is 7.10. The van der Waals surface area contributed by atoms with Crippen molar-refractivity contribution in [2.24, 2.45) is 5.92 Å². The Labute approximate surface area is 288 Å². The van der Waals surface area contributed by atoms with Crippen LogP contribution < -0.4 is 21.3 Å². The molecular weight excluding hydrogens is 653 g/mol. The number of likely N-dealkylation sites (N-methyl/N-ethyl adjacent to an activating group) is 1. The van der Waals surface area contributed by atoms with Crippen molar-refractivity contribution in [2.45, 2.75) is 71.8 Å². The van der Waals surface area contributed by atoms with E-state index in [1.807, 2.05) is 42.2 Å². The fraction of sp³-hybridized carbons (Fsp3) is 0.485. The summed E-state index contributed by atoms with van der Waals surface area (Å²) >= 11 is 2.75. The fourth-order valence-electron chi connectivity index (χ4n) is 5.19. The van der Waals surface area contributed by atoms with Gasteiger partial charge in [-0.05, 0) is 38.7 Å². The molecule has 258 valence electrons. The maximum Gasteiger partial charge on any atom is 0.271 e. The lowest BCUT2D eigenvalue weighted by Gasteiger charge is -2.29. The Hall–Kier alpha value is -4.21. The van der Waals surface area contributed by atoms with E-state index in [0.717, 1.165) is 16.1 Å². The van der Waals surface area contributed by atoms with E-state index in [1.54, 1.807) is 38.7 Å². The average molecular weight is 697 g/mol. The minimum absolute atomic E-state index is 0.0387. The smallest absolute Gasteiger partial charge is 0.271 e. The van der Waals surface area contributed by atoms with Gasteiger partial charge in [0.1, 0.15) is 28.8 Å². The molecule has 4 N–H and O–H groups in total. The second-order valence-corrected chi connectivity index (χ2v) is 14.2. The number of carbonyl (C=O) groups excluding carboxylic acids is 5. The summed E-state index contributed by atoms with van der Waals surface area (Å²) in [5.41, 5.74) is 3.73. The molecule has 48 heavy (non-hydrogen) atoms. The first-order valence-electron chi connectivity index (χ1n) is 15.9. The van der Waals surface area contributed by atoms with Crippen LogP contribution in [0.5, 0.6) is 0 Å². The average Bonchev–Trinajstić information content (AvgIpc) is 3.70. The number of nitrogens with zero attached hydrogens (tertiary/aromatic N) is 4. The van der Waals surface area contributed by atoms with Gasteiger partial charge in [0.05, 0.1) is 23.8 Å². The number of hydrogen-bond donors (Lipinski definition) is 4. The Morgan fingerprint density at radius 3 is 2.31 bits per heavy atom.